The number of amides is 1. The lowest BCUT2D eigenvalue weighted by Crippen LogP contribution is -2.37. The summed E-state index contributed by atoms with van der Waals surface area (Å²) in [5, 5.41) is 0. The fraction of sp³-hybridized carbons (Fsp3) is 0.636. The first-order valence-electron chi connectivity index (χ1n) is 5.55. The number of esters is 3. The first kappa shape index (κ1) is 14.9. The van der Waals surface area contributed by atoms with Crippen molar-refractivity contribution in [2.75, 3.05) is 20.2 Å². The van der Waals surface area contributed by atoms with Crippen molar-refractivity contribution in [3.8, 4) is 0 Å². The molecule has 0 aromatic rings. The molecule has 0 saturated carbocycles. The summed E-state index contributed by atoms with van der Waals surface area (Å²) in [6, 6.07) is 0. The van der Waals surface area contributed by atoms with Crippen LogP contribution in [0, 0.1) is 0 Å². The molecule has 0 aromatic heterocycles. The minimum absolute atomic E-state index is 0.0224. The molecule has 8 nitrogen and oxygen atoms in total. The van der Waals surface area contributed by atoms with Crippen molar-refractivity contribution in [3.63, 3.8) is 0 Å². The van der Waals surface area contributed by atoms with Gasteiger partial charge in [0.15, 0.2) is 6.10 Å². The highest BCUT2D eigenvalue weighted by atomic mass is 16.6. The largest absolute Gasteiger partial charge is 0.468 e. The molecular formula is C11H15NO7. The molecule has 0 bridgehead atoms. The molecule has 1 aliphatic rings. The fourth-order valence-corrected chi connectivity index (χ4v) is 1.72. The van der Waals surface area contributed by atoms with Gasteiger partial charge in [0.25, 0.3) is 5.91 Å². The third-order valence-electron chi connectivity index (χ3n) is 2.45. The molecule has 1 amide bonds. The highest BCUT2D eigenvalue weighted by Gasteiger charge is 2.45. The quantitative estimate of drug-likeness (QED) is 0.471. The van der Waals surface area contributed by atoms with Gasteiger partial charge in [-0.1, -0.05) is 0 Å². The van der Waals surface area contributed by atoms with Crippen molar-refractivity contribution in [1.82, 2.24) is 4.90 Å². The minimum Gasteiger partial charge on any atom is -0.468 e. The maximum absolute atomic E-state index is 11.9. The van der Waals surface area contributed by atoms with Crippen LogP contribution in [0.25, 0.3) is 0 Å². The van der Waals surface area contributed by atoms with E-state index in [1.54, 1.807) is 0 Å². The van der Waals surface area contributed by atoms with Crippen molar-refractivity contribution in [3.05, 3.63) is 0 Å². The molecule has 1 heterocycles. The summed E-state index contributed by atoms with van der Waals surface area (Å²) in [5.41, 5.74) is 0. The lowest BCUT2D eigenvalue weighted by molar-refractivity contribution is -0.165. The standard InChI is InChI=1S/C11H15NO7/c1-6(13)18-8-4-12(5-9(15)17-3)11(16)10(8)19-7(2)14/h8,10H,4-5H2,1-3H3/t8-,10+/m0/s1. The second-order valence-electron chi connectivity index (χ2n) is 3.97. The SMILES string of the molecule is COC(=O)CN1C[C@H](OC(C)=O)[C@@H](OC(C)=O)C1=O. The number of carbonyl (C=O) groups is 4. The van der Waals surface area contributed by atoms with Crippen LogP contribution >= 0.6 is 0 Å². The van der Waals surface area contributed by atoms with Gasteiger partial charge in [0.05, 0.1) is 13.7 Å². The van der Waals surface area contributed by atoms with E-state index < -0.39 is 36.0 Å². The van der Waals surface area contributed by atoms with Gasteiger partial charge in [-0.25, -0.2) is 0 Å². The fourth-order valence-electron chi connectivity index (χ4n) is 1.72. The Bertz CT molecular complexity index is 406. The zero-order valence-corrected chi connectivity index (χ0v) is 10.9. The van der Waals surface area contributed by atoms with Crippen LogP contribution in [-0.2, 0) is 33.4 Å². The van der Waals surface area contributed by atoms with Gasteiger partial charge in [-0.05, 0) is 0 Å². The Balaban J connectivity index is 2.79. The normalized spacial score (nSPS) is 22.1. The Labute approximate surface area is 109 Å². The molecule has 1 aliphatic heterocycles. The van der Waals surface area contributed by atoms with Crippen molar-refractivity contribution in [2.24, 2.45) is 0 Å². The zero-order valence-electron chi connectivity index (χ0n) is 10.9. The van der Waals surface area contributed by atoms with Crippen LogP contribution in [0.2, 0.25) is 0 Å². The van der Waals surface area contributed by atoms with Gasteiger partial charge in [0.1, 0.15) is 6.54 Å². The summed E-state index contributed by atoms with van der Waals surface area (Å²) >= 11 is 0. The predicted octanol–water partition coefficient (Wildman–Crippen LogP) is -1.13. The van der Waals surface area contributed by atoms with Gasteiger partial charge < -0.3 is 19.1 Å². The number of carbonyl (C=O) groups excluding carboxylic acids is 4. The third-order valence-corrected chi connectivity index (χ3v) is 2.45. The molecule has 0 aromatic carbocycles. The van der Waals surface area contributed by atoms with Gasteiger partial charge in [-0.15, -0.1) is 0 Å². The molecule has 0 unspecified atom stereocenters. The van der Waals surface area contributed by atoms with Crippen LogP contribution in [0.4, 0.5) is 0 Å². The second kappa shape index (κ2) is 6.17. The van der Waals surface area contributed by atoms with E-state index in [1.165, 1.54) is 14.0 Å². The lowest BCUT2D eigenvalue weighted by atomic mass is 10.2. The highest BCUT2D eigenvalue weighted by Crippen LogP contribution is 2.19. The minimum atomic E-state index is -1.22. The number of rotatable bonds is 4. The molecule has 0 aliphatic carbocycles. The molecule has 1 fully saturated rings. The van der Waals surface area contributed by atoms with Crippen LogP contribution in [-0.4, -0.2) is 61.1 Å². The van der Waals surface area contributed by atoms with Crippen molar-refractivity contribution in [2.45, 2.75) is 26.1 Å². The van der Waals surface area contributed by atoms with E-state index in [4.69, 9.17) is 9.47 Å². The number of likely N-dealkylation sites (tertiary alicyclic amines) is 1. The van der Waals surface area contributed by atoms with Crippen LogP contribution in [0.15, 0.2) is 0 Å². The first-order chi connectivity index (χ1) is 8.85. The Morgan fingerprint density at radius 2 is 1.79 bits per heavy atom. The number of hydrogen-bond acceptors (Lipinski definition) is 7. The van der Waals surface area contributed by atoms with E-state index >= 15 is 0 Å². The molecule has 8 heteroatoms. The smallest absolute Gasteiger partial charge is 0.325 e. The first-order valence-corrected chi connectivity index (χ1v) is 5.55. The summed E-state index contributed by atoms with van der Waals surface area (Å²) in [5.74, 6) is -2.48. The molecule has 1 rings (SSSR count). The topological polar surface area (TPSA) is 99.2 Å². The Hall–Kier alpha value is -2.12. The predicted molar refractivity (Wildman–Crippen MR) is 59.7 cm³/mol. The van der Waals surface area contributed by atoms with E-state index in [0.29, 0.717) is 0 Å². The Kier molecular flexibility index (Phi) is 4.85. The second-order valence-corrected chi connectivity index (χ2v) is 3.97. The average Bonchev–Trinajstić information content (AvgIpc) is 2.56. The lowest BCUT2D eigenvalue weighted by Gasteiger charge is -2.15. The van der Waals surface area contributed by atoms with Gasteiger partial charge in [0.2, 0.25) is 6.10 Å². The molecule has 1 saturated heterocycles. The summed E-state index contributed by atoms with van der Waals surface area (Å²) in [7, 11) is 1.19. The Morgan fingerprint density at radius 3 is 2.26 bits per heavy atom. The van der Waals surface area contributed by atoms with E-state index in [9.17, 15) is 19.2 Å². The molecule has 0 spiro atoms. The van der Waals surface area contributed by atoms with Crippen molar-refractivity contribution < 1.29 is 33.4 Å². The van der Waals surface area contributed by atoms with E-state index in [2.05, 4.69) is 4.74 Å². The van der Waals surface area contributed by atoms with E-state index in [0.717, 1.165) is 11.8 Å². The van der Waals surface area contributed by atoms with Crippen molar-refractivity contribution >= 4 is 23.8 Å². The van der Waals surface area contributed by atoms with Crippen molar-refractivity contribution in [1.29, 1.82) is 0 Å². The maximum atomic E-state index is 11.9. The number of methoxy groups -OCH3 is 1. The van der Waals surface area contributed by atoms with E-state index in [-0.39, 0.29) is 13.1 Å². The molecular weight excluding hydrogens is 258 g/mol. The van der Waals surface area contributed by atoms with Gasteiger partial charge >= 0.3 is 17.9 Å². The van der Waals surface area contributed by atoms with E-state index in [1.807, 2.05) is 0 Å². The Morgan fingerprint density at radius 1 is 1.21 bits per heavy atom. The number of hydrogen-bond donors (Lipinski definition) is 0. The molecule has 0 N–H and O–H groups in total. The highest BCUT2D eigenvalue weighted by molar-refractivity contribution is 5.89. The average molecular weight is 273 g/mol. The van der Waals surface area contributed by atoms with Gasteiger partial charge in [0, 0.05) is 13.8 Å². The summed E-state index contributed by atoms with van der Waals surface area (Å²) in [6.45, 7) is 2.01. The third kappa shape index (κ3) is 3.94. The van der Waals surface area contributed by atoms with Crippen LogP contribution in [0.1, 0.15) is 13.8 Å². The summed E-state index contributed by atoms with van der Waals surface area (Å²) < 4.78 is 14.2. The van der Waals surface area contributed by atoms with Gasteiger partial charge in [-0.2, -0.15) is 0 Å². The molecule has 2 atom stereocenters. The van der Waals surface area contributed by atoms with Gasteiger partial charge in [-0.3, -0.25) is 19.2 Å². The zero-order chi connectivity index (χ0) is 14.6. The molecule has 106 valence electrons. The maximum Gasteiger partial charge on any atom is 0.325 e. The summed E-state index contributed by atoms with van der Waals surface area (Å²) in [4.78, 5) is 46.1. The molecule has 0 radical (unpaired) electrons. The summed E-state index contributed by atoms with van der Waals surface area (Å²) in [6.07, 6.45) is -2.13. The van der Waals surface area contributed by atoms with Crippen LogP contribution < -0.4 is 0 Å². The number of ether oxygens (including phenoxy) is 3. The van der Waals surface area contributed by atoms with Crippen LogP contribution in [0.5, 0.6) is 0 Å². The molecule has 19 heavy (non-hydrogen) atoms. The number of nitrogens with zero attached hydrogens (tertiary/aromatic N) is 1. The van der Waals surface area contributed by atoms with Crippen LogP contribution in [0.3, 0.4) is 0 Å². The monoisotopic (exact) mass is 273 g/mol.